The largest absolute Gasteiger partial charge is 0.310 e. The van der Waals surface area contributed by atoms with Crippen molar-refractivity contribution in [2.45, 2.75) is 0 Å². The maximum atomic E-state index is 2.46. The molecule has 0 saturated carbocycles. The van der Waals surface area contributed by atoms with Crippen LogP contribution in [0.1, 0.15) is 0 Å². The van der Waals surface area contributed by atoms with Crippen molar-refractivity contribution in [3.05, 3.63) is 237 Å². The first-order valence-electron chi connectivity index (χ1n) is 21.1. The fraction of sp³-hybridized carbons (Fsp3) is 0. The lowest BCUT2D eigenvalue weighted by molar-refractivity contribution is 1.30. The lowest BCUT2D eigenvalue weighted by atomic mass is 9.85. The van der Waals surface area contributed by atoms with Gasteiger partial charge in [0, 0.05) is 16.8 Å². The molecule has 0 atom stereocenters. The van der Waals surface area contributed by atoms with E-state index in [4.69, 9.17) is 0 Å². The van der Waals surface area contributed by atoms with Crippen LogP contribution in [0.3, 0.4) is 0 Å². The molecule has 0 amide bonds. The smallest absolute Gasteiger partial charge is 0.0540 e. The summed E-state index contributed by atoms with van der Waals surface area (Å²) in [7, 11) is 0. The van der Waals surface area contributed by atoms with Gasteiger partial charge in [0.25, 0.3) is 0 Å². The van der Waals surface area contributed by atoms with E-state index in [9.17, 15) is 0 Å². The van der Waals surface area contributed by atoms with Gasteiger partial charge in [0.1, 0.15) is 0 Å². The van der Waals surface area contributed by atoms with Gasteiger partial charge < -0.3 is 4.90 Å². The van der Waals surface area contributed by atoms with Gasteiger partial charge in [-0.2, -0.15) is 0 Å². The van der Waals surface area contributed by atoms with Crippen molar-refractivity contribution in [2.24, 2.45) is 0 Å². The monoisotopic (exact) mass is 773 g/mol. The van der Waals surface area contributed by atoms with Gasteiger partial charge in [-0.1, -0.05) is 200 Å². The normalized spacial score (nSPS) is 11.6. The summed E-state index contributed by atoms with van der Waals surface area (Å²) in [6.07, 6.45) is 0. The van der Waals surface area contributed by atoms with Crippen LogP contribution in [0, 0.1) is 0 Å². The molecule has 0 aliphatic carbocycles. The molecular formula is C60H39N. The average molecular weight is 774 g/mol. The molecule has 12 aromatic carbocycles. The number of fused-ring (bicyclic) bond motifs is 9. The van der Waals surface area contributed by atoms with Gasteiger partial charge in [0.15, 0.2) is 0 Å². The first-order chi connectivity index (χ1) is 30.3. The molecule has 0 aromatic heterocycles. The number of rotatable bonds is 6. The molecule has 0 aliphatic rings. The first kappa shape index (κ1) is 35.0. The highest BCUT2D eigenvalue weighted by molar-refractivity contribution is 6.22. The van der Waals surface area contributed by atoms with E-state index in [0.29, 0.717) is 0 Å². The zero-order valence-corrected chi connectivity index (χ0v) is 33.5. The Bertz CT molecular complexity index is 3630. The predicted octanol–water partition coefficient (Wildman–Crippen LogP) is 17.1. The van der Waals surface area contributed by atoms with E-state index in [2.05, 4.69) is 241 Å². The molecule has 12 aromatic rings. The molecule has 0 spiro atoms. The summed E-state index contributed by atoms with van der Waals surface area (Å²) in [5.41, 5.74) is 10.6. The molecule has 0 fully saturated rings. The Morgan fingerprint density at radius 2 is 0.672 bits per heavy atom. The van der Waals surface area contributed by atoms with Crippen molar-refractivity contribution in [1.29, 1.82) is 0 Å². The van der Waals surface area contributed by atoms with E-state index in [1.165, 1.54) is 98.0 Å². The quantitative estimate of drug-likeness (QED) is 0.152. The number of hydrogen-bond acceptors (Lipinski definition) is 1. The van der Waals surface area contributed by atoms with E-state index in [0.717, 1.165) is 17.1 Å². The van der Waals surface area contributed by atoms with Crippen LogP contribution in [0.15, 0.2) is 237 Å². The van der Waals surface area contributed by atoms with Gasteiger partial charge in [0.2, 0.25) is 0 Å². The lowest BCUT2D eigenvalue weighted by Crippen LogP contribution is -2.10. The Labute approximate surface area is 355 Å². The molecule has 0 bridgehead atoms. The third-order valence-corrected chi connectivity index (χ3v) is 12.6. The maximum absolute atomic E-state index is 2.46. The van der Waals surface area contributed by atoms with Gasteiger partial charge in [-0.25, -0.2) is 0 Å². The minimum Gasteiger partial charge on any atom is -0.310 e. The van der Waals surface area contributed by atoms with E-state index in [1.54, 1.807) is 0 Å². The van der Waals surface area contributed by atoms with Crippen molar-refractivity contribution in [1.82, 2.24) is 0 Å². The molecule has 0 radical (unpaired) electrons. The fourth-order valence-electron chi connectivity index (χ4n) is 9.77. The summed E-state index contributed by atoms with van der Waals surface area (Å²) in [4.78, 5) is 2.46. The van der Waals surface area contributed by atoms with Crippen molar-refractivity contribution < 1.29 is 0 Å². The van der Waals surface area contributed by atoms with Gasteiger partial charge in [-0.05, 0) is 129 Å². The highest BCUT2D eigenvalue weighted by Crippen LogP contribution is 2.48. The van der Waals surface area contributed by atoms with Gasteiger partial charge in [0.05, 0.1) is 5.69 Å². The van der Waals surface area contributed by atoms with Crippen LogP contribution < -0.4 is 4.90 Å². The Kier molecular flexibility index (Phi) is 8.25. The number of hydrogen-bond donors (Lipinski definition) is 0. The highest BCUT2D eigenvalue weighted by Gasteiger charge is 2.21. The molecule has 61 heavy (non-hydrogen) atoms. The van der Waals surface area contributed by atoms with Crippen LogP contribution in [-0.4, -0.2) is 0 Å². The van der Waals surface area contributed by atoms with E-state index in [1.807, 2.05) is 0 Å². The number of nitrogens with zero attached hydrogens (tertiary/aromatic N) is 1. The third kappa shape index (κ3) is 5.86. The van der Waals surface area contributed by atoms with Crippen molar-refractivity contribution in [3.8, 4) is 33.4 Å². The van der Waals surface area contributed by atoms with E-state index >= 15 is 0 Å². The number of benzene rings is 12. The minimum atomic E-state index is 1.10. The van der Waals surface area contributed by atoms with Crippen molar-refractivity contribution >= 4 is 81.7 Å². The first-order valence-corrected chi connectivity index (χ1v) is 21.1. The van der Waals surface area contributed by atoms with E-state index in [-0.39, 0.29) is 0 Å². The summed E-state index contributed by atoms with van der Waals surface area (Å²) in [5, 5.41) is 15.0. The van der Waals surface area contributed by atoms with Crippen LogP contribution in [-0.2, 0) is 0 Å². The second-order valence-electron chi connectivity index (χ2n) is 16.0. The molecule has 0 heterocycles. The zero-order chi connectivity index (χ0) is 40.3. The maximum Gasteiger partial charge on any atom is 0.0540 e. The van der Waals surface area contributed by atoms with Crippen molar-refractivity contribution in [3.63, 3.8) is 0 Å². The van der Waals surface area contributed by atoms with Crippen molar-refractivity contribution in [2.75, 3.05) is 4.90 Å². The SMILES string of the molecule is c1ccc(-c2c(-c3ccccc3)c3cc(N(c4ccc(-c5ccc6c(ccc7ccccc76)c5)cc4)c4cccc5c4ccc4ccccc45)ccc3c3ccccc23)cc1. The van der Waals surface area contributed by atoms with E-state index < -0.39 is 0 Å². The highest BCUT2D eigenvalue weighted by atomic mass is 15.1. The standard InChI is InChI=1S/C60H39N/c1-3-16-43(17-4-1)59-56-23-12-11-22-53(56)54-37-34-48(39-57(54)60(59)44-18-5-2-6-19-44)61(58-25-13-24-52-50-21-10-8-15-42(50)30-36-55(52)58)47-32-28-40(29-33-47)45-31-35-51-46(38-45)27-26-41-14-7-9-20-49(41)51/h1-39H. The Morgan fingerprint density at radius 1 is 0.213 bits per heavy atom. The molecular weight excluding hydrogens is 735 g/mol. The van der Waals surface area contributed by atoms with Crippen LogP contribution in [0.2, 0.25) is 0 Å². The van der Waals surface area contributed by atoms with Crippen LogP contribution in [0.25, 0.3) is 98.0 Å². The molecule has 1 nitrogen and oxygen atoms in total. The summed E-state index contributed by atoms with van der Waals surface area (Å²) >= 11 is 0. The Balaban J connectivity index is 1.10. The van der Waals surface area contributed by atoms with Gasteiger partial charge in [-0.15, -0.1) is 0 Å². The topological polar surface area (TPSA) is 3.24 Å². The fourth-order valence-corrected chi connectivity index (χ4v) is 9.77. The molecule has 284 valence electrons. The van der Waals surface area contributed by atoms with Crippen LogP contribution >= 0.6 is 0 Å². The summed E-state index contributed by atoms with van der Waals surface area (Å²) in [5.74, 6) is 0. The molecule has 1 heteroatoms. The molecule has 0 unspecified atom stereocenters. The zero-order valence-electron chi connectivity index (χ0n) is 33.5. The second kappa shape index (κ2) is 14.4. The minimum absolute atomic E-state index is 1.10. The Hall–Kier alpha value is -8.00. The predicted molar refractivity (Wildman–Crippen MR) is 262 cm³/mol. The van der Waals surface area contributed by atoms with Crippen LogP contribution in [0.4, 0.5) is 17.1 Å². The number of anilines is 3. The summed E-state index contributed by atoms with van der Waals surface area (Å²) in [6, 6.07) is 86.9. The average Bonchev–Trinajstić information content (AvgIpc) is 3.34. The molecule has 12 rings (SSSR count). The Morgan fingerprint density at radius 3 is 1.39 bits per heavy atom. The molecule has 0 N–H and O–H groups in total. The van der Waals surface area contributed by atoms with Crippen LogP contribution in [0.5, 0.6) is 0 Å². The van der Waals surface area contributed by atoms with Gasteiger partial charge >= 0.3 is 0 Å². The second-order valence-corrected chi connectivity index (χ2v) is 16.0. The molecule has 0 aliphatic heterocycles. The lowest BCUT2D eigenvalue weighted by Gasteiger charge is -2.28. The third-order valence-electron chi connectivity index (χ3n) is 12.6. The van der Waals surface area contributed by atoms with Gasteiger partial charge in [-0.3, -0.25) is 0 Å². The summed E-state index contributed by atoms with van der Waals surface area (Å²) < 4.78 is 0. The molecule has 0 saturated heterocycles. The summed E-state index contributed by atoms with van der Waals surface area (Å²) in [6.45, 7) is 0.